The van der Waals surface area contributed by atoms with E-state index < -0.39 is 5.60 Å². The first-order valence-electron chi connectivity index (χ1n) is 7.51. The van der Waals surface area contributed by atoms with Crippen molar-refractivity contribution in [1.82, 2.24) is 9.88 Å². The van der Waals surface area contributed by atoms with Gasteiger partial charge in [-0.15, -0.1) is 0 Å². The quantitative estimate of drug-likeness (QED) is 0.850. The molecule has 116 valence electrons. The summed E-state index contributed by atoms with van der Waals surface area (Å²) in [6.07, 6.45) is 5.29. The summed E-state index contributed by atoms with van der Waals surface area (Å²) in [7, 11) is 0. The molecule has 0 spiro atoms. The molecule has 5 heteroatoms. The first-order chi connectivity index (χ1) is 10.7. The van der Waals surface area contributed by atoms with Gasteiger partial charge >= 0.3 is 0 Å². The van der Waals surface area contributed by atoms with Gasteiger partial charge < -0.3 is 9.64 Å². The Balaban J connectivity index is 1.80. The van der Waals surface area contributed by atoms with E-state index in [0.717, 1.165) is 24.0 Å². The highest BCUT2D eigenvalue weighted by atomic mass is 32.1. The van der Waals surface area contributed by atoms with Gasteiger partial charge in [0, 0.05) is 32.1 Å². The molecule has 1 amide bonds. The van der Waals surface area contributed by atoms with Crippen LogP contribution in [-0.4, -0.2) is 28.0 Å². The Morgan fingerprint density at radius 2 is 2.27 bits per heavy atom. The third kappa shape index (κ3) is 3.36. The van der Waals surface area contributed by atoms with E-state index in [1.54, 1.807) is 17.5 Å². The van der Waals surface area contributed by atoms with Gasteiger partial charge in [-0.25, -0.2) is 0 Å². The monoisotopic (exact) mass is 316 g/mol. The molecule has 2 aromatic heterocycles. The Morgan fingerprint density at radius 1 is 1.41 bits per heavy atom. The highest BCUT2D eigenvalue weighted by Crippen LogP contribution is 2.28. The van der Waals surface area contributed by atoms with E-state index in [9.17, 15) is 4.79 Å². The predicted molar refractivity (Wildman–Crippen MR) is 86.4 cm³/mol. The molecule has 0 aromatic carbocycles. The highest BCUT2D eigenvalue weighted by Gasteiger charge is 2.40. The number of amides is 1. The summed E-state index contributed by atoms with van der Waals surface area (Å²) in [5.74, 6) is 0.0695. The number of thiophene rings is 1. The fourth-order valence-corrected chi connectivity index (χ4v) is 3.46. The third-order valence-electron chi connectivity index (χ3n) is 4.01. The Kier molecular flexibility index (Phi) is 4.55. The fraction of sp³-hybridized carbons (Fsp3) is 0.412. The largest absolute Gasteiger partial charge is 0.365 e. The summed E-state index contributed by atoms with van der Waals surface area (Å²) in [6, 6.07) is 5.96. The standard InChI is InChI=1S/C17H20N2O2S/c1-17(6-3-8-21-17)16(20)19(12-15-5-9-22-13-15)11-14-4-2-7-18-10-14/h2,4-5,7,9-10,13H,3,6,8,11-12H2,1H3. The molecule has 22 heavy (non-hydrogen) atoms. The second-order valence-electron chi connectivity index (χ2n) is 5.84. The number of rotatable bonds is 5. The summed E-state index contributed by atoms with van der Waals surface area (Å²) in [4.78, 5) is 19.0. The van der Waals surface area contributed by atoms with Gasteiger partial charge in [-0.1, -0.05) is 6.07 Å². The number of carbonyl (C=O) groups excluding carboxylic acids is 1. The summed E-state index contributed by atoms with van der Waals surface area (Å²) < 4.78 is 5.74. The Labute approximate surface area is 134 Å². The Bertz CT molecular complexity index is 607. The van der Waals surface area contributed by atoms with Crippen molar-refractivity contribution >= 4 is 17.2 Å². The molecule has 2 aromatic rings. The predicted octanol–water partition coefficient (Wildman–Crippen LogP) is 3.24. The Hall–Kier alpha value is -1.72. The molecular weight excluding hydrogens is 296 g/mol. The van der Waals surface area contributed by atoms with Crippen LogP contribution in [0.2, 0.25) is 0 Å². The zero-order valence-corrected chi connectivity index (χ0v) is 13.5. The van der Waals surface area contributed by atoms with Crippen molar-refractivity contribution in [1.29, 1.82) is 0 Å². The lowest BCUT2D eigenvalue weighted by Crippen LogP contribution is -2.46. The molecule has 1 aliphatic rings. The summed E-state index contributed by atoms with van der Waals surface area (Å²) in [5.41, 5.74) is 1.51. The van der Waals surface area contributed by atoms with Crippen LogP contribution in [-0.2, 0) is 22.6 Å². The molecule has 3 heterocycles. The van der Waals surface area contributed by atoms with E-state index in [4.69, 9.17) is 4.74 Å². The average Bonchev–Trinajstić information content (AvgIpc) is 3.19. The SMILES string of the molecule is CC1(C(=O)N(Cc2cccnc2)Cc2ccsc2)CCCO1. The van der Waals surface area contributed by atoms with Crippen LogP contribution in [0.3, 0.4) is 0 Å². The van der Waals surface area contributed by atoms with Gasteiger partial charge in [-0.05, 0) is 53.8 Å². The van der Waals surface area contributed by atoms with E-state index in [0.29, 0.717) is 19.7 Å². The maximum Gasteiger partial charge on any atom is 0.255 e. The molecular formula is C17H20N2O2S. The number of pyridine rings is 1. The minimum absolute atomic E-state index is 0.0695. The zero-order valence-electron chi connectivity index (χ0n) is 12.7. The first-order valence-corrected chi connectivity index (χ1v) is 8.45. The molecule has 1 atom stereocenters. The number of hydrogen-bond acceptors (Lipinski definition) is 4. The molecule has 0 bridgehead atoms. The van der Waals surface area contributed by atoms with Gasteiger partial charge in [0.05, 0.1) is 0 Å². The van der Waals surface area contributed by atoms with Crippen molar-refractivity contribution in [3.05, 3.63) is 52.5 Å². The molecule has 4 nitrogen and oxygen atoms in total. The van der Waals surface area contributed by atoms with E-state index in [2.05, 4.69) is 16.4 Å². The Morgan fingerprint density at radius 3 is 2.91 bits per heavy atom. The third-order valence-corrected chi connectivity index (χ3v) is 4.74. The summed E-state index contributed by atoms with van der Waals surface area (Å²) in [5, 5.41) is 4.12. The summed E-state index contributed by atoms with van der Waals surface area (Å²) >= 11 is 1.65. The number of hydrogen-bond donors (Lipinski definition) is 0. The lowest BCUT2D eigenvalue weighted by Gasteiger charge is -2.31. The first kappa shape index (κ1) is 15.2. The van der Waals surface area contributed by atoms with E-state index in [1.165, 1.54) is 0 Å². The molecule has 1 saturated heterocycles. The zero-order chi connectivity index (χ0) is 15.4. The summed E-state index contributed by atoms with van der Waals surface area (Å²) in [6.45, 7) is 3.74. The van der Waals surface area contributed by atoms with Gasteiger partial charge in [0.2, 0.25) is 0 Å². The molecule has 0 saturated carbocycles. The van der Waals surface area contributed by atoms with Crippen molar-refractivity contribution in [2.24, 2.45) is 0 Å². The minimum Gasteiger partial charge on any atom is -0.365 e. The van der Waals surface area contributed by atoms with Crippen molar-refractivity contribution in [3.8, 4) is 0 Å². The van der Waals surface area contributed by atoms with Crippen molar-refractivity contribution in [2.45, 2.75) is 38.5 Å². The highest BCUT2D eigenvalue weighted by molar-refractivity contribution is 7.07. The van der Waals surface area contributed by atoms with Crippen LogP contribution in [0.25, 0.3) is 0 Å². The molecule has 0 N–H and O–H groups in total. The fourth-order valence-electron chi connectivity index (χ4n) is 2.80. The van der Waals surface area contributed by atoms with Crippen LogP contribution in [0.1, 0.15) is 30.9 Å². The van der Waals surface area contributed by atoms with Gasteiger partial charge in [0.1, 0.15) is 5.60 Å². The minimum atomic E-state index is -0.682. The van der Waals surface area contributed by atoms with Crippen LogP contribution in [0, 0.1) is 0 Å². The average molecular weight is 316 g/mol. The van der Waals surface area contributed by atoms with Crippen LogP contribution >= 0.6 is 11.3 Å². The van der Waals surface area contributed by atoms with Crippen LogP contribution < -0.4 is 0 Å². The van der Waals surface area contributed by atoms with Gasteiger partial charge in [-0.3, -0.25) is 9.78 Å². The number of ether oxygens (including phenoxy) is 1. The molecule has 1 aliphatic heterocycles. The van der Waals surface area contributed by atoms with Crippen molar-refractivity contribution < 1.29 is 9.53 Å². The second-order valence-corrected chi connectivity index (χ2v) is 6.62. The number of nitrogens with zero attached hydrogens (tertiary/aromatic N) is 2. The van der Waals surface area contributed by atoms with Crippen LogP contribution in [0.15, 0.2) is 41.4 Å². The van der Waals surface area contributed by atoms with E-state index in [-0.39, 0.29) is 5.91 Å². The van der Waals surface area contributed by atoms with Gasteiger partial charge in [0.15, 0.2) is 0 Å². The molecule has 1 fully saturated rings. The smallest absolute Gasteiger partial charge is 0.255 e. The molecule has 0 radical (unpaired) electrons. The molecule has 1 unspecified atom stereocenters. The lowest BCUT2D eigenvalue weighted by molar-refractivity contribution is -0.152. The lowest BCUT2D eigenvalue weighted by atomic mass is 10.0. The molecule has 3 rings (SSSR count). The van der Waals surface area contributed by atoms with Crippen LogP contribution in [0.5, 0.6) is 0 Å². The van der Waals surface area contributed by atoms with Crippen molar-refractivity contribution in [3.63, 3.8) is 0 Å². The second kappa shape index (κ2) is 6.58. The topological polar surface area (TPSA) is 42.4 Å². The maximum atomic E-state index is 13.0. The van der Waals surface area contributed by atoms with E-state index in [1.807, 2.05) is 35.5 Å². The number of aromatic nitrogens is 1. The van der Waals surface area contributed by atoms with E-state index >= 15 is 0 Å². The maximum absolute atomic E-state index is 13.0. The van der Waals surface area contributed by atoms with Gasteiger partial charge in [0.25, 0.3) is 5.91 Å². The number of carbonyl (C=O) groups is 1. The van der Waals surface area contributed by atoms with Crippen molar-refractivity contribution in [2.75, 3.05) is 6.61 Å². The van der Waals surface area contributed by atoms with Crippen LogP contribution in [0.4, 0.5) is 0 Å². The normalized spacial score (nSPS) is 21.0. The molecule has 0 aliphatic carbocycles. The van der Waals surface area contributed by atoms with Gasteiger partial charge in [-0.2, -0.15) is 11.3 Å².